The standard InChI is InChI=1S/C13H15BrN2O4/c1-8(17)15-10-3-2-9(14)6-11(10)16-13(18)12-7-19-4-5-20-12/h2-3,6,12H,4-5,7H2,1H3,(H,15,17)(H,16,18)/t12-/m1/s1. The van der Waals surface area contributed by atoms with Gasteiger partial charge in [-0.1, -0.05) is 15.9 Å². The number of benzene rings is 1. The molecule has 0 aliphatic carbocycles. The number of ether oxygens (including phenoxy) is 2. The molecule has 0 bridgehead atoms. The van der Waals surface area contributed by atoms with Crippen LogP contribution in [0.2, 0.25) is 0 Å². The minimum Gasteiger partial charge on any atom is -0.376 e. The van der Waals surface area contributed by atoms with E-state index in [2.05, 4.69) is 26.6 Å². The summed E-state index contributed by atoms with van der Waals surface area (Å²) in [6, 6.07) is 5.20. The van der Waals surface area contributed by atoms with Crippen LogP contribution in [0.4, 0.5) is 11.4 Å². The fraction of sp³-hybridized carbons (Fsp3) is 0.385. The van der Waals surface area contributed by atoms with Gasteiger partial charge in [0.15, 0.2) is 6.10 Å². The lowest BCUT2D eigenvalue weighted by Gasteiger charge is -2.22. The van der Waals surface area contributed by atoms with Crippen LogP contribution in [0.25, 0.3) is 0 Å². The molecule has 108 valence electrons. The average Bonchev–Trinajstić information content (AvgIpc) is 2.42. The Labute approximate surface area is 124 Å². The zero-order valence-corrected chi connectivity index (χ0v) is 12.5. The van der Waals surface area contributed by atoms with Crippen LogP contribution < -0.4 is 10.6 Å². The molecule has 2 N–H and O–H groups in total. The number of carbonyl (C=O) groups excluding carboxylic acids is 2. The highest BCUT2D eigenvalue weighted by atomic mass is 79.9. The van der Waals surface area contributed by atoms with Crippen LogP contribution in [0.3, 0.4) is 0 Å². The summed E-state index contributed by atoms with van der Waals surface area (Å²) in [5.74, 6) is -0.505. The first-order valence-corrected chi connectivity index (χ1v) is 6.93. The van der Waals surface area contributed by atoms with Gasteiger partial charge in [-0.25, -0.2) is 0 Å². The maximum atomic E-state index is 12.1. The Morgan fingerprint density at radius 2 is 2.05 bits per heavy atom. The largest absolute Gasteiger partial charge is 0.376 e. The monoisotopic (exact) mass is 342 g/mol. The van der Waals surface area contributed by atoms with E-state index in [1.165, 1.54) is 6.92 Å². The van der Waals surface area contributed by atoms with Crippen molar-refractivity contribution in [2.24, 2.45) is 0 Å². The fourth-order valence-corrected chi connectivity index (χ4v) is 2.13. The molecular weight excluding hydrogens is 328 g/mol. The Bertz CT molecular complexity index is 515. The van der Waals surface area contributed by atoms with E-state index in [4.69, 9.17) is 9.47 Å². The second-order valence-electron chi connectivity index (χ2n) is 4.29. The SMILES string of the molecule is CC(=O)Nc1ccc(Br)cc1NC(=O)[C@H]1COCCO1. The van der Waals surface area contributed by atoms with Gasteiger partial charge in [-0.3, -0.25) is 9.59 Å². The van der Waals surface area contributed by atoms with E-state index in [9.17, 15) is 9.59 Å². The number of hydrogen-bond donors (Lipinski definition) is 2. The summed E-state index contributed by atoms with van der Waals surface area (Å²) in [6.45, 7) is 2.54. The first-order chi connectivity index (χ1) is 9.56. The van der Waals surface area contributed by atoms with E-state index in [0.29, 0.717) is 24.6 Å². The van der Waals surface area contributed by atoms with Gasteiger partial charge >= 0.3 is 0 Å². The number of halogens is 1. The predicted molar refractivity (Wildman–Crippen MR) is 77.6 cm³/mol. The van der Waals surface area contributed by atoms with Crippen molar-refractivity contribution >= 4 is 39.1 Å². The molecule has 1 aromatic carbocycles. The molecule has 1 heterocycles. The second-order valence-corrected chi connectivity index (χ2v) is 5.21. The number of amides is 2. The van der Waals surface area contributed by atoms with Crippen molar-refractivity contribution in [1.82, 2.24) is 0 Å². The maximum Gasteiger partial charge on any atom is 0.255 e. The summed E-state index contributed by atoms with van der Waals surface area (Å²) in [5, 5.41) is 5.40. The zero-order chi connectivity index (χ0) is 14.5. The van der Waals surface area contributed by atoms with Crippen molar-refractivity contribution in [1.29, 1.82) is 0 Å². The summed E-state index contributed by atoms with van der Waals surface area (Å²) in [7, 11) is 0. The van der Waals surface area contributed by atoms with Crippen molar-refractivity contribution in [2.45, 2.75) is 13.0 Å². The Morgan fingerprint density at radius 1 is 1.25 bits per heavy atom. The molecule has 0 unspecified atom stereocenters. The van der Waals surface area contributed by atoms with Crippen LogP contribution in [0, 0.1) is 0 Å². The molecule has 2 rings (SSSR count). The van der Waals surface area contributed by atoms with E-state index in [1.54, 1.807) is 18.2 Å². The molecule has 20 heavy (non-hydrogen) atoms. The Hall–Kier alpha value is -1.44. The van der Waals surface area contributed by atoms with Crippen LogP contribution in [-0.2, 0) is 19.1 Å². The molecule has 0 radical (unpaired) electrons. The van der Waals surface area contributed by atoms with Crippen molar-refractivity contribution in [3.8, 4) is 0 Å². The van der Waals surface area contributed by atoms with Gasteiger partial charge in [0.05, 0.1) is 31.2 Å². The van der Waals surface area contributed by atoms with Crippen molar-refractivity contribution < 1.29 is 19.1 Å². The molecule has 0 aromatic heterocycles. The number of nitrogens with one attached hydrogen (secondary N) is 2. The highest BCUT2D eigenvalue weighted by Gasteiger charge is 2.23. The van der Waals surface area contributed by atoms with Gasteiger partial charge in [-0.15, -0.1) is 0 Å². The normalized spacial score (nSPS) is 18.4. The van der Waals surface area contributed by atoms with Crippen LogP contribution >= 0.6 is 15.9 Å². The summed E-state index contributed by atoms with van der Waals surface area (Å²) >= 11 is 3.33. The van der Waals surface area contributed by atoms with E-state index in [-0.39, 0.29) is 18.4 Å². The van der Waals surface area contributed by atoms with Crippen molar-refractivity contribution in [2.75, 3.05) is 30.5 Å². The predicted octanol–water partition coefficient (Wildman–Crippen LogP) is 1.76. The molecule has 1 fully saturated rings. The van der Waals surface area contributed by atoms with Gasteiger partial charge < -0.3 is 20.1 Å². The third-order valence-electron chi connectivity index (χ3n) is 2.66. The Balaban J connectivity index is 2.12. The molecule has 0 spiro atoms. The quantitative estimate of drug-likeness (QED) is 0.877. The second kappa shape index (κ2) is 6.83. The maximum absolute atomic E-state index is 12.1. The average molecular weight is 343 g/mol. The van der Waals surface area contributed by atoms with Crippen LogP contribution in [-0.4, -0.2) is 37.7 Å². The molecule has 6 nitrogen and oxygen atoms in total. The lowest BCUT2D eigenvalue weighted by Crippen LogP contribution is -2.39. The zero-order valence-electron chi connectivity index (χ0n) is 10.9. The Morgan fingerprint density at radius 3 is 2.70 bits per heavy atom. The molecule has 2 amide bonds. The van der Waals surface area contributed by atoms with Gasteiger partial charge in [0.1, 0.15) is 0 Å². The molecule has 1 aromatic rings. The van der Waals surface area contributed by atoms with Gasteiger partial charge in [0.2, 0.25) is 5.91 Å². The van der Waals surface area contributed by atoms with E-state index in [1.807, 2.05) is 0 Å². The van der Waals surface area contributed by atoms with Gasteiger partial charge in [-0.2, -0.15) is 0 Å². The minimum atomic E-state index is -0.632. The Kier molecular flexibility index (Phi) is 5.11. The summed E-state index contributed by atoms with van der Waals surface area (Å²) < 4.78 is 11.3. The van der Waals surface area contributed by atoms with Crippen LogP contribution in [0.15, 0.2) is 22.7 Å². The lowest BCUT2D eigenvalue weighted by atomic mass is 10.2. The fourth-order valence-electron chi connectivity index (χ4n) is 1.77. The summed E-state index contributed by atoms with van der Waals surface area (Å²) in [4.78, 5) is 23.2. The number of hydrogen-bond acceptors (Lipinski definition) is 4. The van der Waals surface area contributed by atoms with Crippen molar-refractivity contribution in [3.05, 3.63) is 22.7 Å². The van der Waals surface area contributed by atoms with E-state index < -0.39 is 6.10 Å². The summed E-state index contributed by atoms with van der Waals surface area (Å²) in [6.07, 6.45) is -0.632. The third-order valence-corrected chi connectivity index (χ3v) is 3.15. The molecule has 1 atom stereocenters. The molecule has 0 saturated carbocycles. The molecular formula is C13H15BrN2O4. The van der Waals surface area contributed by atoms with Gasteiger partial charge in [-0.05, 0) is 18.2 Å². The lowest BCUT2D eigenvalue weighted by molar-refractivity contribution is -0.142. The van der Waals surface area contributed by atoms with Gasteiger partial charge in [0.25, 0.3) is 5.91 Å². The van der Waals surface area contributed by atoms with E-state index in [0.717, 1.165) is 4.47 Å². The minimum absolute atomic E-state index is 0.208. The molecule has 1 aliphatic rings. The van der Waals surface area contributed by atoms with Crippen LogP contribution in [0.1, 0.15) is 6.92 Å². The number of anilines is 2. The van der Waals surface area contributed by atoms with E-state index >= 15 is 0 Å². The topological polar surface area (TPSA) is 76.7 Å². The molecule has 1 saturated heterocycles. The number of rotatable bonds is 3. The number of carbonyl (C=O) groups is 2. The smallest absolute Gasteiger partial charge is 0.255 e. The van der Waals surface area contributed by atoms with Gasteiger partial charge in [0, 0.05) is 11.4 Å². The third kappa shape index (κ3) is 4.03. The molecule has 7 heteroatoms. The highest BCUT2D eigenvalue weighted by molar-refractivity contribution is 9.10. The summed E-state index contributed by atoms with van der Waals surface area (Å²) in [5.41, 5.74) is 1.04. The first kappa shape index (κ1) is 15.0. The highest BCUT2D eigenvalue weighted by Crippen LogP contribution is 2.26. The molecule has 1 aliphatic heterocycles. The first-order valence-electron chi connectivity index (χ1n) is 6.13. The van der Waals surface area contributed by atoms with Crippen molar-refractivity contribution in [3.63, 3.8) is 0 Å². The van der Waals surface area contributed by atoms with Crippen LogP contribution in [0.5, 0.6) is 0 Å².